The number of rotatable bonds is 6. The third kappa shape index (κ3) is 5.14. The van der Waals surface area contributed by atoms with Crippen molar-refractivity contribution in [3.8, 4) is 11.6 Å². The molecule has 1 aliphatic carbocycles. The number of fused-ring (bicyclic) bond motifs is 1. The summed E-state index contributed by atoms with van der Waals surface area (Å²) in [5, 5.41) is 7.40. The Morgan fingerprint density at radius 1 is 1.03 bits per heavy atom. The van der Waals surface area contributed by atoms with Crippen LogP contribution in [0.5, 0.6) is 5.88 Å². The highest BCUT2D eigenvalue weighted by Crippen LogP contribution is 2.29. The minimum atomic E-state index is -0.346. The molecule has 1 heterocycles. The first kappa shape index (κ1) is 22.5. The molecule has 6 nitrogen and oxygen atoms in total. The Labute approximate surface area is 202 Å². The molecular formula is C28H24FN3O3. The Kier molecular flexibility index (Phi) is 6.39. The summed E-state index contributed by atoms with van der Waals surface area (Å²) in [4.78, 5) is 25.3. The van der Waals surface area contributed by atoms with Crippen molar-refractivity contribution in [3.05, 3.63) is 123 Å². The SMILES string of the molecule is O=C(NC1CCCc2ccccc21)c1ccc(-n2nc(OCc3cccc(F)c3)ccc2=O)cc1. The molecule has 3 aromatic carbocycles. The van der Waals surface area contributed by atoms with Gasteiger partial charge in [0.25, 0.3) is 11.5 Å². The zero-order valence-corrected chi connectivity index (χ0v) is 19.0. The highest BCUT2D eigenvalue weighted by molar-refractivity contribution is 5.94. The molecule has 0 saturated heterocycles. The van der Waals surface area contributed by atoms with Gasteiger partial charge in [0.15, 0.2) is 0 Å². The van der Waals surface area contributed by atoms with E-state index >= 15 is 0 Å². The van der Waals surface area contributed by atoms with Gasteiger partial charge in [0.05, 0.1) is 11.7 Å². The summed E-state index contributed by atoms with van der Waals surface area (Å²) in [6.45, 7) is 0.117. The van der Waals surface area contributed by atoms with Gasteiger partial charge in [-0.2, -0.15) is 4.68 Å². The normalized spacial score (nSPS) is 14.7. The maximum Gasteiger partial charge on any atom is 0.271 e. The van der Waals surface area contributed by atoms with E-state index in [-0.39, 0.29) is 35.8 Å². The first-order valence-electron chi connectivity index (χ1n) is 11.5. The molecule has 35 heavy (non-hydrogen) atoms. The Bertz CT molecular complexity index is 1420. The summed E-state index contributed by atoms with van der Waals surface area (Å²) >= 11 is 0. The molecule has 0 radical (unpaired) electrons. The van der Waals surface area contributed by atoms with Gasteiger partial charge in [-0.1, -0.05) is 36.4 Å². The largest absolute Gasteiger partial charge is 0.472 e. The van der Waals surface area contributed by atoms with E-state index in [9.17, 15) is 14.0 Å². The first-order chi connectivity index (χ1) is 17.1. The van der Waals surface area contributed by atoms with Crippen molar-refractivity contribution in [1.29, 1.82) is 0 Å². The molecule has 1 amide bonds. The lowest BCUT2D eigenvalue weighted by molar-refractivity contribution is 0.0932. The molecule has 0 spiro atoms. The lowest BCUT2D eigenvalue weighted by atomic mass is 9.87. The second-order valence-corrected chi connectivity index (χ2v) is 8.50. The molecule has 0 fully saturated rings. The fourth-order valence-corrected chi connectivity index (χ4v) is 4.34. The fraction of sp³-hybridized carbons (Fsp3) is 0.179. The molecule has 4 aromatic rings. The van der Waals surface area contributed by atoms with E-state index in [1.54, 1.807) is 36.4 Å². The number of aryl methyl sites for hydroxylation is 1. The Morgan fingerprint density at radius 2 is 1.86 bits per heavy atom. The topological polar surface area (TPSA) is 73.2 Å². The Balaban J connectivity index is 1.29. The van der Waals surface area contributed by atoms with E-state index in [0.29, 0.717) is 16.8 Å². The highest BCUT2D eigenvalue weighted by Gasteiger charge is 2.22. The van der Waals surface area contributed by atoms with Crippen molar-refractivity contribution in [3.63, 3.8) is 0 Å². The van der Waals surface area contributed by atoms with E-state index in [1.807, 2.05) is 12.1 Å². The number of hydrogen-bond acceptors (Lipinski definition) is 4. The van der Waals surface area contributed by atoms with E-state index in [4.69, 9.17) is 4.74 Å². The summed E-state index contributed by atoms with van der Waals surface area (Å²) < 4.78 is 20.2. The number of hydrogen-bond donors (Lipinski definition) is 1. The van der Waals surface area contributed by atoms with Crippen molar-refractivity contribution < 1.29 is 13.9 Å². The van der Waals surface area contributed by atoms with Gasteiger partial charge in [0, 0.05) is 17.7 Å². The van der Waals surface area contributed by atoms with Crippen LogP contribution in [-0.2, 0) is 13.0 Å². The minimum Gasteiger partial charge on any atom is -0.472 e. The number of amides is 1. The van der Waals surface area contributed by atoms with Crippen LogP contribution < -0.4 is 15.6 Å². The molecule has 7 heteroatoms. The number of nitrogens with one attached hydrogen (secondary N) is 1. The second-order valence-electron chi connectivity index (χ2n) is 8.50. The summed E-state index contributed by atoms with van der Waals surface area (Å²) in [6.07, 6.45) is 2.97. The average Bonchev–Trinajstić information content (AvgIpc) is 2.88. The van der Waals surface area contributed by atoms with Crippen molar-refractivity contribution in [2.75, 3.05) is 0 Å². The smallest absolute Gasteiger partial charge is 0.271 e. The van der Waals surface area contributed by atoms with Gasteiger partial charge in [0.2, 0.25) is 5.88 Å². The molecule has 1 aromatic heterocycles. The molecule has 5 rings (SSSR count). The fourth-order valence-electron chi connectivity index (χ4n) is 4.34. The Morgan fingerprint density at radius 3 is 2.69 bits per heavy atom. The van der Waals surface area contributed by atoms with Crippen LogP contribution in [0.3, 0.4) is 0 Å². The molecule has 1 aliphatic rings. The highest BCUT2D eigenvalue weighted by atomic mass is 19.1. The van der Waals surface area contributed by atoms with E-state index in [2.05, 4.69) is 22.5 Å². The number of benzene rings is 3. The van der Waals surface area contributed by atoms with Crippen LogP contribution in [0.1, 0.15) is 45.9 Å². The lowest BCUT2D eigenvalue weighted by Crippen LogP contribution is -2.31. The van der Waals surface area contributed by atoms with Gasteiger partial charge in [-0.15, -0.1) is 5.10 Å². The lowest BCUT2D eigenvalue weighted by Gasteiger charge is -2.26. The maximum atomic E-state index is 13.4. The van der Waals surface area contributed by atoms with Crippen LogP contribution in [0.2, 0.25) is 0 Å². The predicted octanol–water partition coefficient (Wildman–Crippen LogP) is 4.76. The predicted molar refractivity (Wildman–Crippen MR) is 130 cm³/mol. The Hall–Kier alpha value is -4.26. The van der Waals surface area contributed by atoms with Crippen molar-refractivity contribution >= 4 is 5.91 Å². The van der Waals surface area contributed by atoms with Crippen LogP contribution >= 0.6 is 0 Å². The number of ether oxygens (including phenoxy) is 1. The van der Waals surface area contributed by atoms with Crippen LogP contribution in [0.4, 0.5) is 4.39 Å². The van der Waals surface area contributed by atoms with Crippen LogP contribution in [0.25, 0.3) is 5.69 Å². The number of aromatic nitrogens is 2. The summed E-state index contributed by atoms with van der Waals surface area (Å²) in [7, 11) is 0. The standard InChI is InChI=1S/C28H24FN3O3/c29-22-8-3-5-19(17-22)18-35-26-15-16-27(33)32(31-26)23-13-11-21(12-14-23)28(34)30-25-10-4-7-20-6-1-2-9-24(20)25/h1-3,5-6,8-9,11-17,25H,4,7,10,18H2,(H,30,34). The van der Waals surface area contributed by atoms with E-state index in [0.717, 1.165) is 19.3 Å². The number of carbonyl (C=O) groups excluding carboxylic acids is 1. The number of carbonyl (C=O) groups is 1. The van der Waals surface area contributed by atoms with Gasteiger partial charge in [-0.25, -0.2) is 4.39 Å². The third-order valence-corrected chi connectivity index (χ3v) is 6.10. The van der Waals surface area contributed by atoms with Gasteiger partial charge >= 0.3 is 0 Å². The molecule has 1 unspecified atom stereocenters. The molecule has 1 N–H and O–H groups in total. The summed E-state index contributed by atoms with van der Waals surface area (Å²) in [5.41, 5.74) is 3.78. The average molecular weight is 470 g/mol. The van der Waals surface area contributed by atoms with Crippen molar-refractivity contribution in [2.24, 2.45) is 0 Å². The maximum absolute atomic E-state index is 13.4. The minimum absolute atomic E-state index is 0.0108. The van der Waals surface area contributed by atoms with E-state index in [1.165, 1.54) is 40.1 Å². The van der Waals surface area contributed by atoms with Gasteiger partial charge in [-0.3, -0.25) is 9.59 Å². The monoisotopic (exact) mass is 469 g/mol. The zero-order chi connectivity index (χ0) is 24.2. The number of halogens is 1. The third-order valence-electron chi connectivity index (χ3n) is 6.10. The van der Waals surface area contributed by atoms with E-state index < -0.39 is 0 Å². The summed E-state index contributed by atoms with van der Waals surface area (Å²) in [5.74, 6) is -0.279. The molecule has 0 bridgehead atoms. The molecule has 0 aliphatic heterocycles. The summed E-state index contributed by atoms with van der Waals surface area (Å²) in [6, 6.07) is 23.8. The van der Waals surface area contributed by atoms with Crippen molar-refractivity contribution in [2.45, 2.75) is 31.9 Å². The van der Waals surface area contributed by atoms with Crippen molar-refractivity contribution in [1.82, 2.24) is 15.1 Å². The van der Waals surface area contributed by atoms with Crippen LogP contribution in [0.15, 0.2) is 89.7 Å². The van der Waals surface area contributed by atoms with Gasteiger partial charge in [-0.05, 0) is 72.4 Å². The number of nitrogens with zero attached hydrogens (tertiary/aromatic N) is 2. The van der Waals surface area contributed by atoms with Crippen LogP contribution in [-0.4, -0.2) is 15.7 Å². The second kappa shape index (κ2) is 9.93. The zero-order valence-electron chi connectivity index (χ0n) is 19.0. The molecule has 1 atom stereocenters. The molecule has 176 valence electrons. The molecular weight excluding hydrogens is 445 g/mol. The first-order valence-corrected chi connectivity index (χ1v) is 11.5. The molecule has 0 saturated carbocycles. The quantitative estimate of drug-likeness (QED) is 0.442. The van der Waals surface area contributed by atoms with Gasteiger partial charge < -0.3 is 10.1 Å². The van der Waals surface area contributed by atoms with Crippen LogP contribution in [0, 0.1) is 5.82 Å². The van der Waals surface area contributed by atoms with Gasteiger partial charge in [0.1, 0.15) is 12.4 Å².